The standard InChI is InChI=1S/C14H22N2O/c1-5-7-14(16-6-2)12-8-13(10-15-9-12)17-11(3)4/h5,8-11,14,16H,1,6-7H2,2-4H3. The van der Waals surface area contributed by atoms with Gasteiger partial charge in [0.1, 0.15) is 5.75 Å². The largest absolute Gasteiger partial charge is 0.489 e. The summed E-state index contributed by atoms with van der Waals surface area (Å²) in [5.41, 5.74) is 1.14. The van der Waals surface area contributed by atoms with E-state index in [4.69, 9.17) is 4.74 Å². The van der Waals surface area contributed by atoms with Crippen molar-refractivity contribution in [2.75, 3.05) is 6.54 Å². The molecular weight excluding hydrogens is 212 g/mol. The molecule has 1 unspecified atom stereocenters. The Morgan fingerprint density at radius 3 is 2.82 bits per heavy atom. The molecule has 1 atom stereocenters. The van der Waals surface area contributed by atoms with Crippen molar-refractivity contribution < 1.29 is 4.74 Å². The van der Waals surface area contributed by atoms with Gasteiger partial charge in [0.25, 0.3) is 0 Å². The summed E-state index contributed by atoms with van der Waals surface area (Å²) in [6, 6.07) is 2.31. The van der Waals surface area contributed by atoms with Crippen LogP contribution in [0.2, 0.25) is 0 Å². The zero-order valence-electron chi connectivity index (χ0n) is 10.9. The number of nitrogens with zero attached hydrogens (tertiary/aromatic N) is 1. The van der Waals surface area contributed by atoms with Crippen molar-refractivity contribution in [1.29, 1.82) is 0 Å². The summed E-state index contributed by atoms with van der Waals surface area (Å²) >= 11 is 0. The van der Waals surface area contributed by atoms with Gasteiger partial charge in [-0.3, -0.25) is 4.98 Å². The second-order valence-corrected chi connectivity index (χ2v) is 4.26. The fourth-order valence-corrected chi connectivity index (χ4v) is 1.71. The Kier molecular flexibility index (Phi) is 5.70. The van der Waals surface area contributed by atoms with Crippen LogP contribution in [0.3, 0.4) is 0 Å². The van der Waals surface area contributed by atoms with Crippen LogP contribution in [0.1, 0.15) is 38.8 Å². The molecule has 0 saturated heterocycles. The molecule has 0 aliphatic rings. The van der Waals surface area contributed by atoms with Crippen molar-refractivity contribution in [3.05, 3.63) is 36.7 Å². The van der Waals surface area contributed by atoms with Gasteiger partial charge in [0.2, 0.25) is 0 Å². The predicted molar refractivity (Wildman–Crippen MR) is 71.2 cm³/mol. The van der Waals surface area contributed by atoms with Crippen molar-refractivity contribution >= 4 is 0 Å². The highest BCUT2D eigenvalue weighted by Crippen LogP contribution is 2.21. The second kappa shape index (κ2) is 7.07. The summed E-state index contributed by atoms with van der Waals surface area (Å²) in [4.78, 5) is 4.22. The van der Waals surface area contributed by atoms with Crippen LogP contribution < -0.4 is 10.1 Å². The van der Waals surface area contributed by atoms with E-state index in [9.17, 15) is 0 Å². The average molecular weight is 234 g/mol. The van der Waals surface area contributed by atoms with Gasteiger partial charge in [-0.05, 0) is 38.4 Å². The van der Waals surface area contributed by atoms with E-state index in [-0.39, 0.29) is 12.1 Å². The molecule has 1 N–H and O–H groups in total. The number of hydrogen-bond donors (Lipinski definition) is 1. The highest BCUT2D eigenvalue weighted by atomic mass is 16.5. The van der Waals surface area contributed by atoms with E-state index in [1.807, 2.05) is 32.2 Å². The third-order valence-electron chi connectivity index (χ3n) is 2.36. The maximum Gasteiger partial charge on any atom is 0.138 e. The number of aromatic nitrogens is 1. The summed E-state index contributed by atoms with van der Waals surface area (Å²) in [6.45, 7) is 10.8. The molecule has 0 fully saturated rings. The van der Waals surface area contributed by atoms with Crippen molar-refractivity contribution in [2.24, 2.45) is 0 Å². The third-order valence-corrected chi connectivity index (χ3v) is 2.36. The molecule has 0 aromatic carbocycles. The Morgan fingerprint density at radius 2 is 2.24 bits per heavy atom. The van der Waals surface area contributed by atoms with Crippen molar-refractivity contribution in [3.63, 3.8) is 0 Å². The number of nitrogens with one attached hydrogen (secondary N) is 1. The number of hydrogen-bond acceptors (Lipinski definition) is 3. The molecule has 1 rings (SSSR count). The van der Waals surface area contributed by atoms with E-state index in [1.165, 1.54) is 0 Å². The average Bonchev–Trinajstić information content (AvgIpc) is 2.28. The summed E-state index contributed by atoms with van der Waals surface area (Å²) < 4.78 is 5.65. The third kappa shape index (κ3) is 4.57. The lowest BCUT2D eigenvalue weighted by Gasteiger charge is -2.17. The maximum absolute atomic E-state index is 5.65. The fourth-order valence-electron chi connectivity index (χ4n) is 1.71. The molecule has 0 aliphatic heterocycles. The van der Waals surface area contributed by atoms with Crippen molar-refractivity contribution in [2.45, 2.75) is 39.3 Å². The van der Waals surface area contributed by atoms with Gasteiger partial charge in [-0.15, -0.1) is 6.58 Å². The van der Waals surface area contributed by atoms with Crippen molar-refractivity contribution in [3.8, 4) is 5.75 Å². The van der Waals surface area contributed by atoms with Gasteiger partial charge in [-0.25, -0.2) is 0 Å². The van der Waals surface area contributed by atoms with Crippen LogP contribution in [0.4, 0.5) is 0 Å². The lowest BCUT2D eigenvalue weighted by atomic mass is 10.1. The molecule has 17 heavy (non-hydrogen) atoms. The summed E-state index contributed by atoms with van der Waals surface area (Å²) in [6.07, 6.45) is 6.61. The van der Waals surface area contributed by atoms with E-state index in [1.54, 1.807) is 6.20 Å². The molecule has 0 bridgehead atoms. The summed E-state index contributed by atoms with van der Waals surface area (Å²) in [5, 5.41) is 3.41. The zero-order chi connectivity index (χ0) is 12.7. The SMILES string of the molecule is C=CCC(NCC)c1cncc(OC(C)C)c1. The van der Waals surface area contributed by atoms with Gasteiger partial charge >= 0.3 is 0 Å². The minimum Gasteiger partial charge on any atom is -0.489 e. The molecule has 0 saturated carbocycles. The normalized spacial score (nSPS) is 12.5. The minimum atomic E-state index is 0.170. The first-order chi connectivity index (χ1) is 8.17. The van der Waals surface area contributed by atoms with Crippen LogP contribution in [0.5, 0.6) is 5.75 Å². The molecule has 0 aliphatic carbocycles. The maximum atomic E-state index is 5.65. The molecule has 1 aromatic heterocycles. The lowest BCUT2D eigenvalue weighted by Crippen LogP contribution is -2.20. The van der Waals surface area contributed by atoms with Crippen LogP contribution >= 0.6 is 0 Å². The second-order valence-electron chi connectivity index (χ2n) is 4.26. The van der Waals surface area contributed by atoms with Crippen LogP contribution in [0, 0.1) is 0 Å². The molecule has 94 valence electrons. The van der Waals surface area contributed by atoms with Gasteiger partial charge in [0.05, 0.1) is 12.3 Å². The smallest absolute Gasteiger partial charge is 0.138 e. The van der Waals surface area contributed by atoms with E-state index >= 15 is 0 Å². The first-order valence-electron chi connectivity index (χ1n) is 6.13. The van der Waals surface area contributed by atoms with Gasteiger partial charge in [0.15, 0.2) is 0 Å². The highest BCUT2D eigenvalue weighted by Gasteiger charge is 2.10. The Hall–Kier alpha value is -1.35. The topological polar surface area (TPSA) is 34.2 Å². The van der Waals surface area contributed by atoms with E-state index in [2.05, 4.69) is 23.8 Å². The molecule has 1 heterocycles. The van der Waals surface area contributed by atoms with Gasteiger partial charge in [-0.1, -0.05) is 13.0 Å². The zero-order valence-corrected chi connectivity index (χ0v) is 10.9. The molecule has 0 spiro atoms. The Morgan fingerprint density at radius 1 is 1.47 bits per heavy atom. The highest BCUT2D eigenvalue weighted by molar-refractivity contribution is 5.26. The van der Waals surface area contributed by atoms with Gasteiger partial charge in [0, 0.05) is 12.2 Å². The Labute approximate surface area is 104 Å². The minimum absolute atomic E-state index is 0.170. The predicted octanol–water partition coefficient (Wildman–Crippen LogP) is 3.10. The molecule has 0 amide bonds. The number of rotatable bonds is 7. The number of pyridine rings is 1. The fraction of sp³-hybridized carbons (Fsp3) is 0.500. The van der Waals surface area contributed by atoms with E-state index in [0.29, 0.717) is 0 Å². The van der Waals surface area contributed by atoms with E-state index < -0.39 is 0 Å². The molecule has 0 radical (unpaired) electrons. The summed E-state index contributed by atoms with van der Waals surface area (Å²) in [5.74, 6) is 0.824. The Balaban J connectivity index is 2.83. The quantitative estimate of drug-likeness (QED) is 0.736. The van der Waals surface area contributed by atoms with Crippen LogP contribution in [0.25, 0.3) is 0 Å². The molecule has 1 aromatic rings. The van der Waals surface area contributed by atoms with Gasteiger partial charge in [-0.2, -0.15) is 0 Å². The monoisotopic (exact) mass is 234 g/mol. The van der Waals surface area contributed by atoms with Gasteiger partial charge < -0.3 is 10.1 Å². The first kappa shape index (κ1) is 13.7. The van der Waals surface area contributed by atoms with Crippen LogP contribution in [-0.2, 0) is 0 Å². The Bertz CT molecular complexity index is 350. The first-order valence-corrected chi connectivity index (χ1v) is 6.13. The molecule has 3 nitrogen and oxygen atoms in total. The van der Waals surface area contributed by atoms with E-state index in [0.717, 1.165) is 24.3 Å². The van der Waals surface area contributed by atoms with Crippen LogP contribution in [0.15, 0.2) is 31.1 Å². The summed E-state index contributed by atoms with van der Waals surface area (Å²) in [7, 11) is 0. The van der Waals surface area contributed by atoms with Crippen LogP contribution in [-0.4, -0.2) is 17.6 Å². The molecule has 3 heteroatoms. The molecular formula is C14H22N2O. The lowest BCUT2D eigenvalue weighted by molar-refractivity contribution is 0.241. The van der Waals surface area contributed by atoms with Crippen molar-refractivity contribution in [1.82, 2.24) is 10.3 Å². The number of ether oxygens (including phenoxy) is 1.